The largest absolute Gasteiger partial charge is 0.488 e. The van der Waals surface area contributed by atoms with Gasteiger partial charge >= 0.3 is 0 Å². The van der Waals surface area contributed by atoms with Gasteiger partial charge in [0.05, 0.1) is 6.21 Å². The number of rotatable bonds is 5. The highest BCUT2D eigenvalue weighted by molar-refractivity contribution is 9.10. The van der Waals surface area contributed by atoms with E-state index in [-0.39, 0.29) is 12.4 Å². The van der Waals surface area contributed by atoms with E-state index in [1.165, 1.54) is 23.4 Å². The minimum Gasteiger partial charge on any atom is -0.488 e. The summed E-state index contributed by atoms with van der Waals surface area (Å²) in [6.45, 7) is 0.141. The molecular formula is C16H12BrFN4O. The van der Waals surface area contributed by atoms with Gasteiger partial charge in [-0.05, 0) is 24.3 Å². The van der Waals surface area contributed by atoms with Gasteiger partial charge in [-0.2, -0.15) is 5.10 Å². The van der Waals surface area contributed by atoms with E-state index in [9.17, 15) is 4.39 Å². The van der Waals surface area contributed by atoms with Crippen LogP contribution in [0.15, 0.2) is 64.7 Å². The van der Waals surface area contributed by atoms with Crippen LogP contribution in [0.3, 0.4) is 0 Å². The molecule has 0 N–H and O–H groups in total. The molecule has 1 aromatic heterocycles. The average Bonchev–Trinajstić information content (AvgIpc) is 3.07. The van der Waals surface area contributed by atoms with Crippen molar-refractivity contribution in [2.45, 2.75) is 6.61 Å². The van der Waals surface area contributed by atoms with Crippen LogP contribution < -0.4 is 4.74 Å². The first-order valence-electron chi connectivity index (χ1n) is 6.77. The molecule has 1 heterocycles. The molecule has 0 spiro atoms. The molecule has 0 unspecified atom stereocenters. The number of hydrogen-bond acceptors (Lipinski definition) is 4. The van der Waals surface area contributed by atoms with Gasteiger partial charge in [0.15, 0.2) is 0 Å². The smallest absolute Gasteiger partial charge is 0.141 e. The van der Waals surface area contributed by atoms with Crippen molar-refractivity contribution < 1.29 is 9.13 Å². The summed E-state index contributed by atoms with van der Waals surface area (Å²) in [5.74, 6) is 0.317. The predicted octanol–water partition coefficient (Wildman–Crippen LogP) is 3.64. The number of halogens is 2. The molecule has 116 valence electrons. The normalized spacial score (nSPS) is 11.0. The van der Waals surface area contributed by atoms with Crippen molar-refractivity contribution >= 4 is 22.1 Å². The Bertz CT molecular complexity index is 821. The van der Waals surface area contributed by atoms with Crippen LogP contribution in [-0.2, 0) is 6.61 Å². The van der Waals surface area contributed by atoms with Gasteiger partial charge in [0, 0.05) is 15.6 Å². The average molecular weight is 375 g/mol. The monoisotopic (exact) mass is 374 g/mol. The summed E-state index contributed by atoms with van der Waals surface area (Å²) in [7, 11) is 0. The standard InChI is InChI=1S/C16H12BrFN4O/c17-14-5-6-16(23-9-12-3-1-2-4-15(12)18)13(7-14)8-21-22-10-19-20-11-22/h1-8,10-11H,9H2/b21-8-. The summed E-state index contributed by atoms with van der Waals surface area (Å²) in [6, 6.07) is 12.1. The molecule has 0 saturated carbocycles. The summed E-state index contributed by atoms with van der Waals surface area (Å²) in [6.07, 6.45) is 4.59. The summed E-state index contributed by atoms with van der Waals surface area (Å²) in [5.41, 5.74) is 1.25. The fraction of sp³-hybridized carbons (Fsp3) is 0.0625. The lowest BCUT2D eigenvalue weighted by Gasteiger charge is -2.10. The maximum atomic E-state index is 13.7. The van der Waals surface area contributed by atoms with Crippen molar-refractivity contribution in [3.05, 3.63) is 76.5 Å². The second-order valence-corrected chi connectivity index (χ2v) is 5.56. The van der Waals surface area contributed by atoms with Gasteiger partial charge in [-0.25, -0.2) is 9.07 Å². The fourth-order valence-corrected chi connectivity index (χ4v) is 2.29. The van der Waals surface area contributed by atoms with Crippen molar-refractivity contribution in [3.63, 3.8) is 0 Å². The lowest BCUT2D eigenvalue weighted by Crippen LogP contribution is -2.01. The zero-order valence-corrected chi connectivity index (χ0v) is 13.5. The minimum atomic E-state index is -0.288. The predicted molar refractivity (Wildman–Crippen MR) is 87.9 cm³/mol. The van der Waals surface area contributed by atoms with Gasteiger partial charge < -0.3 is 4.74 Å². The van der Waals surface area contributed by atoms with Crippen LogP contribution in [0.2, 0.25) is 0 Å². The molecule has 3 rings (SSSR count). The molecular weight excluding hydrogens is 363 g/mol. The van der Waals surface area contributed by atoms with Gasteiger partial charge in [0.25, 0.3) is 0 Å². The van der Waals surface area contributed by atoms with Crippen molar-refractivity contribution in [1.82, 2.24) is 14.9 Å². The first-order chi connectivity index (χ1) is 11.2. The Labute approximate surface area is 140 Å². The number of benzene rings is 2. The molecule has 0 amide bonds. The Morgan fingerprint density at radius 1 is 1.17 bits per heavy atom. The Balaban J connectivity index is 1.80. The van der Waals surface area contributed by atoms with Crippen molar-refractivity contribution in [2.24, 2.45) is 5.10 Å². The third-order valence-electron chi connectivity index (χ3n) is 3.05. The molecule has 7 heteroatoms. The third kappa shape index (κ3) is 4.01. The van der Waals surface area contributed by atoms with Gasteiger partial charge in [0.1, 0.15) is 30.8 Å². The van der Waals surface area contributed by atoms with Crippen molar-refractivity contribution in [3.8, 4) is 5.75 Å². The van der Waals surface area contributed by atoms with Crippen LogP contribution in [0.1, 0.15) is 11.1 Å². The number of hydrogen-bond donors (Lipinski definition) is 0. The molecule has 23 heavy (non-hydrogen) atoms. The minimum absolute atomic E-state index is 0.141. The lowest BCUT2D eigenvalue weighted by molar-refractivity contribution is 0.299. The van der Waals surface area contributed by atoms with Crippen LogP contribution in [0.5, 0.6) is 5.75 Å². The summed E-state index contributed by atoms with van der Waals surface area (Å²) >= 11 is 3.41. The molecule has 2 aromatic carbocycles. The summed E-state index contributed by atoms with van der Waals surface area (Å²) in [4.78, 5) is 0. The highest BCUT2D eigenvalue weighted by Crippen LogP contribution is 2.23. The van der Waals surface area contributed by atoms with Crippen molar-refractivity contribution in [2.75, 3.05) is 0 Å². The van der Waals surface area contributed by atoms with Crippen LogP contribution >= 0.6 is 15.9 Å². The lowest BCUT2D eigenvalue weighted by atomic mass is 10.2. The third-order valence-corrected chi connectivity index (χ3v) is 3.54. The van der Waals surface area contributed by atoms with Gasteiger partial charge in [-0.3, -0.25) is 0 Å². The Morgan fingerprint density at radius 3 is 2.74 bits per heavy atom. The molecule has 0 atom stereocenters. The quantitative estimate of drug-likeness (QED) is 0.640. The second kappa shape index (κ2) is 7.15. The molecule has 0 saturated heterocycles. The Hall–Kier alpha value is -2.54. The zero-order valence-electron chi connectivity index (χ0n) is 11.9. The Kier molecular flexibility index (Phi) is 4.77. The van der Waals surface area contributed by atoms with Gasteiger partial charge in [-0.15, -0.1) is 10.2 Å². The van der Waals surface area contributed by atoms with E-state index in [1.807, 2.05) is 12.1 Å². The first-order valence-corrected chi connectivity index (χ1v) is 7.56. The van der Waals surface area contributed by atoms with Crippen LogP contribution in [-0.4, -0.2) is 21.1 Å². The summed E-state index contributed by atoms with van der Waals surface area (Å²) in [5, 5.41) is 11.6. The molecule has 0 radical (unpaired) electrons. The summed E-state index contributed by atoms with van der Waals surface area (Å²) < 4.78 is 21.8. The number of nitrogens with zero attached hydrogens (tertiary/aromatic N) is 4. The molecule has 0 aliphatic rings. The van der Waals surface area contributed by atoms with E-state index in [0.29, 0.717) is 11.3 Å². The van der Waals surface area contributed by atoms with Crippen molar-refractivity contribution in [1.29, 1.82) is 0 Å². The Morgan fingerprint density at radius 2 is 1.96 bits per heavy atom. The molecule has 5 nitrogen and oxygen atoms in total. The van der Waals surface area contributed by atoms with Gasteiger partial charge in [-0.1, -0.05) is 34.1 Å². The molecule has 3 aromatic rings. The molecule has 0 aliphatic carbocycles. The molecule has 0 fully saturated rings. The second-order valence-electron chi connectivity index (χ2n) is 4.65. The maximum absolute atomic E-state index is 13.7. The highest BCUT2D eigenvalue weighted by Gasteiger charge is 2.06. The van der Waals surface area contributed by atoms with Crippen LogP contribution in [0, 0.1) is 5.82 Å². The number of ether oxygens (including phenoxy) is 1. The maximum Gasteiger partial charge on any atom is 0.141 e. The number of aromatic nitrogens is 3. The van der Waals surface area contributed by atoms with E-state index < -0.39 is 0 Å². The molecule has 0 bridgehead atoms. The topological polar surface area (TPSA) is 52.3 Å². The fourth-order valence-electron chi connectivity index (χ4n) is 1.91. The van der Waals surface area contributed by atoms with E-state index in [4.69, 9.17) is 4.74 Å². The van der Waals surface area contributed by atoms with E-state index in [0.717, 1.165) is 10.0 Å². The SMILES string of the molecule is Fc1ccccc1COc1ccc(Br)cc1/C=N\n1cnnc1. The molecule has 0 aliphatic heterocycles. The first kappa shape index (κ1) is 15.4. The van der Waals surface area contributed by atoms with E-state index in [2.05, 4.69) is 31.2 Å². The zero-order chi connectivity index (χ0) is 16.1. The van der Waals surface area contributed by atoms with Gasteiger partial charge in [0.2, 0.25) is 0 Å². The van der Waals surface area contributed by atoms with Crippen LogP contribution in [0.25, 0.3) is 0 Å². The van der Waals surface area contributed by atoms with E-state index in [1.54, 1.807) is 30.5 Å². The van der Waals surface area contributed by atoms with Crippen LogP contribution in [0.4, 0.5) is 4.39 Å². The highest BCUT2D eigenvalue weighted by atomic mass is 79.9. The van der Waals surface area contributed by atoms with E-state index >= 15 is 0 Å².